The number of rotatable bonds is 5. The van der Waals surface area contributed by atoms with Crippen molar-refractivity contribution in [3.63, 3.8) is 0 Å². The highest BCUT2D eigenvalue weighted by Gasteiger charge is 2.32. The molecule has 126 valence electrons. The molecule has 2 aromatic rings. The van der Waals surface area contributed by atoms with Crippen LogP contribution in [0.15, 0.2) is 48.5 Å². The van der Waals surface area contributed by atoms with E-state index in [1.807, 2.05) is 0 Å². The van der Waals surface area contributed by atoms with Gasteiger partial charge in [0.25, 0.3) is 0 Å². The van der Waals surface area contributed by atoms with Crippen LogP contribution in [0.5, 0.6) is 0 Å². The van der Waals surface area contributed by atoms with E-state index in [9.17, 15) is 13.6 Å². The van der Waals surface area contributed by atoms with Crippen molar-refractivity contribution in [1.82, 2.24) is 0 Å². The number of aldehydes is 1. The van der Waals surface area contributed by atoms with Crippen molar-refractivity contribution in [1.29, 1.82) is 0 Å². The fraction of sp³-hybridized carbons (Fsp3) is 0.381. The average Bonchev–Trinajstić information content (AvgIpc) is 2.62. The molecule has 1 aliphatic carbocycles. The Labute approximate surface area is 141 Å². The van der Waals surface area contributed by atoms with Gasteiger partial charge in [-0.15, -0.1) is 0 Å². The number of carbonyl (C=O) groups is 1. The summed E-state index contributed by atoms with van der Waals surface area (Å²) in [6.45, 7) is 0. The van der Waals surface area contributed by atoms with Crippen molar-refractivity contribution in [3.8, 4) is 0 Å². The molecule has 0 aromatic heterocycles. The van der Waals surface area contributed by atoms with Crippen LogP contribution in [0.4, 0.5) is 8.78 Å². The Morgan fingerprint density at radius 1 is 0.792 bits per heavy atom. The number of halogens is 2. The molecular weight excluding hydrogens is 306 g/mol. The van der Waals surface area contributed by atoms with E-state index in [1.165, 1.54) is 30.7 Å². The number of hydrogen-bond acceptors (Lipinski definition) is 1. The van der Waals surface area contributed by atoms with Crippen LogP contribution in [-0.4, -0.2) is 6.29 Å². The normalized spacial score (nSPS) is 17.0. The fourth-order valence-corrected chi connectivity index (χ4v) is 3.96. The molecule has 1 unspecified atom stereocenters. The van der Waals surface area contributed by atoms with E-state index >= 15 is 0 Å². The van der Waals surface area contributed by atoms with Gasteiger partial charge in [-0.05, 0) is 54.2 Å². The zero-order valence-electron chi connectivity index (χ0n) is 13.6. The Balaban J connectivity index is 2.00. The summed E-state index contributed by atoms with van der Waals surface area (Å²) in [7, 11) is 0. The lowest BCUT2D eigenvalue weighted by Crippen LogP contribution is -2.26. The molecular formula is C21H22F2O. The fourth-order valence-electron chi connectivity index (χ4n) is 3.96. The molecule has 1 saturated carbocycles. The molecule has 0 bridgehead atoms. The SMILES string of the molecule is O=CC(C1CCCCC1)C(c1ccc(F)cc1)c1ccc(F)cc1. The highest BCUT2D eigenvalue weighted by molar-refractivity contribution is 5.59. The first-order chi connectivity index (χ1) is 11.7. The maximum atomic E-state index is 13.3. The first-order valence-corrected chi connectivity index (χ1v) is 8.65. The maximum Gasteiger partial charge on any atom is 0.124 e. The molecule has 1 nitrogen and oxygen atoms in total. The van der Waals surface area contributed by atoms with Gasteiger partial charge in [0.2, 0.25) is 0 Å². The van der Waals surface area contributed by atoms with Crippen molar-refractivity contribution >= 4 is 6.29 Å². The monoisotopic (exact) mass is 328 g/mol. The summed E-state index contributed by atoms with van der Waals surface area (Å²) in [5.41, 5.74) is 1.82. The zero-order valence-corrected chi connectivity index (χ0v) is 13.6. The minimum Gasteiger partial charge on any atom is -0.303 e. The highest BCUT2D eigenvalue weighted by Crippen LogP contribution is 2.40. The van der Waals surface area contributed by atoms with Crippen LogP contribution in [0.3, 0.4) is 0 Å². The van der Waals surface area contributed by atoms with Crippen LogP contribution < -0.4 is 0 Å². The van der Waals surface area contributed by atoms with Crippen LogP contribution in [0, 0.1) is 23.5 Å². The van der Waals surface area contributed by atoms with Gasteiger partial charge in [-0.1, -0.05) is 43.5 Å². The van der Waals surface area contributed by atoms with Gasteiger partial charge >= 0.3 is 0 Å². The van der Waals surface area contributed by atoms with Gasteiger partial charge in [0.05, 0.1) is 0 Å². The van der Waals surface area contributed by atoms with E-state index in [2.05, 4.69) is 0 Å². The summed E-state index contributed by atoms with van der Waals surface area (Å²) in [5, 5.41) is 0. The van der Waals surface area contributed by atoms with E-state index in [0.29, 0.717) is 5.92 Å². The molecule has 3 heteroatoms. The van der Waals surface area contributed by atoms with Gasteiger partial charge in [0.15, 0.2) is 0 Å². The van der Waals surface area contributed by atoms with E-state index in [4.69, 9.17) is 0 Å². The molecule has 0 N–H and O–H groups in total. The molecule has 0 amide bonds. The van der Waals surface area contributed by atoms with Crippen molar-refractivity contribution < 1.29 is 13.6 Å². The lowest BCUT2D eigenvalue weighted by Gasteiger charge is -2.33. The predicted molar refractivity (Wildman–Crippen MR) is 90.8 cm³/mol. The molecule has 0 saturated heterocycles. The Hall–Kier alpha value is -2.03. The Morgan fingerprint density at radius 3 is 1.67 bits per heavy atom. The average molecular weight is 328 g/mol. The summed E-state index contributed by atoms with van der Waals surface area (Å²) in [6, 6.07) is 12.7. The standard InChI is InChI=1S/C21H22F2O/c22-18-10-6-16(7-11-18)21(17-8-12-19(23)13-9-17)20(14-24)15-4-2-1-3-5-15/h6-15,20-21H,1-5H2. The lowest BCUT2D eigenvalue weighted by atomic mass is 9.70. The van der Waals surface area contributed by atoms with E-state index in [1.54, 1.807) is 24.3 Å². The summed E-state index contributed by atoms with van der Waals surface area (Å²) >= 11 is 0. The van der Waals surface area contributed by atoms with Gasteiger partial charge in [0, 0.05) is 11.8 Å². The Kier molecular flexibility index (Phi) is 5.39. The Morgan fingerprint density at radius 2 is 1.25 bits per heavy atom. The minimum absolute atomic E-state index is 0.160. The van der Waals surface area contributed by atoms with E-state index < -0.39 is 0 Å². The van der Waals surface area contributed by atoms with Crippen LogP contribution in [0.2, 0.25) is 0 Å². The minimum atomic E-state index is -0.295. The van der Waals surface area contributed by atoms with Crippen molar-refractivity contribution in [2.45, 2.75) is 38.0 Å². The van der Waals surface area contributed by atoms with Crippen LogP contribution in [0.25, 0.3) is 0 Å². The summed E-state index contributed by atoms with van der Waals surface area (Å²) in [4.78, 5) is 12.0. The van der Waals surface area contributed by atoms with E-state index in [0.717, 1.165) is 43.1 Å². The quantitative estimate of drug-likeness (QED) is 0.663. The van der Waals surface area contributed by atoms with Gasteiger partial charge in [0.1, 0.15) is 17.9 Å². The maximum absolute atomic E-state index is 13.3. The van der Waals surface area contributed by atoms with Gasteiger partial charge in [-0.25, -0.2) is 8.78 Å². The second-order valence-electron chi connectivity index (χ2n) is 6.69. The summed E-state index contributed by atoms with van der Waals surface area (Å²) < 4.78 is 26.6. The van der Waals surface area contributed by atoms with Crippen LogP contribution >= 0.6 is 0 Å². The van der Waals surface area contributed by atoms with Crippen LogP contribution in [0.1, 0.15) is 49.1 Å². The molecule has 3 rings (SSSR count). The summed E-state index contributed by atoms with van der Waals surface area (Å²) in [6.07, 6.45) is 6.65. The molecule has 0 spiro atoms. The van der Waals surface area contributed by atoms with Crippen LogP contribution in [-0.2, 0) is 4.79 Å². The zero-order chi connectivity index (χ0) is 16.9. The molecule has 1 aliphatic rings. The molecule has 1 atom stereocenters. The Bertz CT molecular complexity index is 612. The molecule has 1 fully saturated rings. The topological polar surface area (TPSA) is 17.1 Å². The number of hydrogen-bond donors (Lipinski definition) is 0. The molecule has 2 aromatic carbocycles. The van der Waals surface area contributed by atoms with Crippen molar-refractivity contribution in [2.75, 3.05) is 0 Å². The third-order valence-corrected chi connectivity index (χ3v) is 5.19. The van der Waals surface area contributed by atoms with Crippen molar-refractivity contribution in [3.05, 3.63) is 71.3 Å². The third kappa shape index (κ3) is 3.72. The highest BCUT2D eigenvalue weighted by atomic mass is 19.1. The van der Waals surface area contributed by atoms with Gasteiger partial charge < -0.3 is 4.79 Å². The second kappa shape index (κ2) is 7.69. The summed E-state index contributed by atoms with van der Waals surface area (Å²) in [5.74, 6) is -0.585. The largest absolute Gasteiger partial charge is 0.303 e. The molecule has 24 heavy (non-hydrogen) atoms. The smallest absolute Gasteiger partial charge is 0.124 e. The first-order valence-electron chi connectivity index (χ1n) is 8.65. The lowest BCUT2D eigenvalue weighted by molar-refractivity contribution is -0.113. The number of carbonyl (C=O) groups excluding carboxylic acids is 1. The van der Waals surface area contributed by atoms with Gasteiger partial charge in [-0.3, -0.25) is 0 Å². The second-order valence-corrected chi connectivity index (χ2v) is 6.69. The third-order valence-electron chi connectivity index (χ3n) is 5.19. The molecule has 0 radical (unpaired) electrons. The number of benzene rings is 2. The first kappa shape index (κ1) is 16.8. The van der Waals surface area contributed by atoms with Crippen molar-refractivity contribution in [2.24, 2.45) is 11.8 Å². The molecule has 0 heterocycles. The molecule has 0 aliphatic heterocycles. The van der Waals surface area contributed by atoms with Gasteiger partial charge in [-0.2, -0.15) is 0 Å². The van der Waals surface area contributed by atoms with E-state index in [-0.39, 0.29) is 23.5 Å². The predicted octanol–water partition coefficient (Wildman–Crippen LogP) is 5.49.